The molecule has 0 aliphatic heterocycles. The predicted molar refractivity (Wildman–Crippen MR) is 89.8 cm³/mol. The molecule has 1 heterocycles. The zero-order valence-electron chi connectivity index (χ0n) is 13.9. The number of hydrogen-bond acceptors (Lipinski definition) is 4. The molecule has 0 bridgehead atoms. The molecule has 1 aliphatic rings. The summed E-state index contributed by atoms with van der Waals surface area (Å²) in [5, 5.41) is 3.03. The lowest BCUT2D eigenvalue weighted by Gasteiger charge is -2.21. The maximum Gasteiger partial charge on any atom is 0.356 e. The van der Waals surface area contributed by atoms with Crippen LogP contribution in [0.5, 0.6) is 0 Å². The van der Waals surface area contributed by atoms with E-state index in [2.05, 4.69) is 15.0 Å². The number of carbonyl (C=O) groups excluding carboxylic acids is 2. The lowest BCUT2D eigenvalue weighted by Crippen LogP contribution is -2.36. The summed E-state index contributed by atoms with van der Waals surface area (Å²) in [5.41, 5.74) is 1.48. The number of halogens is 1. The second-order valence-corrected chi connectivity index (χ2v) is 6.09. The van der Waals surface area contributed by atoms with Gasteiger partial charge in [0.25, 0.3) is 5.91 Å². The van der Waals surface area contributed by atoms with Crippen LogP contribution in [0.15, 0.2) is 42.6 Å². The molecule has 1 aliphatic carbocycles. The Balaban J connectivity index is 1.73. The molecule has 0 spiro atoms. The van der Waals surface area contributed by atoms with Crippen LogP contribution in [0.4, 0.5) is 4.39 Å². The molecule has 0 saturated heterocycles. The minimum Gasteiger partial charge on any atom is -0.464 e. The molecule has 0 unspecified atom stereocenters. The van der Waals surface area contributed by atoms with Crippen molar-refractivity contribution < 1.29 is 18.7 Å². The molecule has 1 fully saturated rings. The highest BCUT2D eigenvalue weighted by Crippen LogP contribution is 2.34. The minimum absolute atomic E-state index is 0.0206. The molecule has 0 radical (unpaired) electrons. The number of nitrogens with one attached hydrogen (secondary N) is 1. The van der Waals surface area contributed by atoms with Crippen LogP contribution in [0.2, 0.25) is 0 Å². The first-order chi connectivity index (χ1) is 12.1. The van der Waals surface area contributed by atoms with Gasteiger partial charge in [-0.15, -0.1) is 0 Å². The number of nitrogens with zero attached hydrogens (tertiary/aromatic N) is 1. The fourth-order valence-corrected chi connectivity index (χ4v) is 3.28. The van der Waals surface area contributed by atoms with Crippen molar-refractivity contribution in [2.24, 2.45) is 0 Å². The third-order valence-electron chi connectivity index (χ3n) is 4.55. The van der Waals surface area contributed by atoms with Crippen molar-refractivity contribution in [3.8, 4) is 0 Å². The van der Waals surface area contributed by atoms with Gasteiger partial charge in [0.15, 0.2) is 0 Å². The standard InChI is InChI=1S/C19H19FN2O3/c1-25-19(24)17-11-13(9-10-21-17)18(23)22-16-4-2-3-15(16)12-5-7-14(20)8-6-12/h5-11,15-16H,2-4H2,1H3,(H,22,23)/t15-,16+/m0/s1. The Kier molecular flexibility index (Phi) is 5.07. The number of benzene rings is 1. The Bertz CT molecular complexity index is 776. The van der Waals surface area contributed by atoms with Crippen molar-refractivity contribution in [1.82, 2.24) is 10.3 Å². The van der Waals surface area contributed by atoms with E-state index >= 15 is 0 Å². The molecule has 2 atom stereocenters. The number of hydrogen-bond donors (Lipinski definition) is 1. The fourth-order valence-electron chi connectivity index (χ4n) is 3.28. The lowest BCUT2D eigenvalue weighted by molar-refractivity contribution is 0.0594. The van der Waals surface area contributed by atoms with Crippen LogP contribution in [0.25, 0.3) is 0 Å². The van der Waals surface area contributed by atoms with Crippen LogP contribution < -0.4 is 5.32 Å². The summed E-state index contributed by atoms with van der Waals surface area (Å²) in [4.78, 5) is 28.0. The van der Waals surface area contributed by atoms with E-state index in [0.717, 1.165) is 24.8 Å². The van der Waals surface area contributed by atoms with Gasteiger partial charge in [-0.25, -0.2) is 14.2 Å². The van der Waals surface area contributed by atoms with E-state index in [1.807, 2.05) is 0 Å². The molecule has 1 aromatic carbocycles. The average molecular weight is 342 g/mol. The molecular formula is C19H19FN2O3. The van der Waals surface area contributed by atoms with Crippen molar-refractivity contribution >= 4 is 11.9 Å². The molecule has 130 valence electrons. The van der Waals surface area contributed by atoms with E-state index in [9.17, 15) is 14.0 Å². The number of ether oxygens (including phenoxy) is 1. The van der Waals surface area contributed by atoms with E-state index in [1.54, 1.807) is 18.2 Å². The van der Waals surface area contributed by atoms with Crippen LogP contribution in [0.3, 0.4) is 0 Å². The molecule has 6 heteroatoms. The number of carbonyl (C=O) groups is 2. The third-order valence-corrected chi connectivity index (χ3v) is 4.55. The number of pyridine rings is 1. The zero-order chi connectivity index (χ0) is 17.8. The average Bonchev–Trinajstić information content (AvgIpc) is 3.09. The highest BCUT2D eigenvalue weighted by atomic mass is 19.1. The molecule has 1 aromatic heterocycles. The summed E-state index contributed by atoms with van der Waals surface area (Å²) in [6, 6.07) is 9.38. The van der Waals surface area contributed by atoms with Crippen molar-refractivity contribution in [1.29, 1.82) is 0 Å². The van der Waals surface area contributed by atoms with Gasteiger partial charge < -0.3 is 10.1 Å². The summed E-state index contributed by atoms with van der Waals surface area (Å²) in [6.07, 6.45) is 4.22. The zero-order valence-corrected chi connectivity index (χ0v) is 13.9. The molecule has 2 aromatic rings. The van der Waals surface area contributed by atoms with E-state index in [-0.39, 0.29) is 29.4 Å². The van der Waals surface area contributed by atoms with Crippen molar-refractivity contribution in [2.45, 2.75) is 31.2 Å². The molecule has 1 N–H and O–H groups in total. The Morgan fingerprint density at radius 2 is 1.96 bits per heavy atom. The third kappa shape index (κ3) is 3.84. The van der Waals surface area contributed by atoms with Crippen molar-refractivity contribution in [3.63, 3.8) is 0 Å². The first-order valence-corrected chi connectivity index (χ1v) is 8.19. The fraction of sp³-hybridized carbons (Fsp3) is 0.316. The first kappa shape index (κ1) is 17.1. The number of esters is 1. The van der Waals surface area contributed by atoms with E-state index in [4.69, 9.17) is 0 Å². The van der Waals surface area contributed by atoms with Gasteiger partial charge in [0, 0.05) is 23.7 Å². The summed E-state index contributed by atoms with van der Waals surface area (Å²) < 4.78 is 17.7. The van der Waals surface area contributed by atoms with E-state index in [0.29, 0.717) is 5.56 Å². The smallest absolute Gasteiger partial charge is 0.356 e. The summed E-state index contributed by atoms with van der Waals surface area (Å²) in [6.45, 7) is 0. The Morgan fingerprint density at radius 1 is 1.20 bits per heavy atom. The number of methoxy groups -OCH3 is 1. The maximum absolute atomic E-state index is 13.1. The number of rotatable bonds is 4. The molecular weight excluding hydrogens is 323 g/mol. The Hall–Kier alpha value is -2.76. The van der Waals surface area contributed by atoms with Gasteiger partial charge in [0.2, 0.25) is 0 Å². The second-order valence-electron chi connectivity index (χ2n) is 6.09. The van der Waals surface area contributed by atoms with Crippen LogP contribution in [-0.2, 0) is 4.74 Å². The van der Waals surface area contributed by atoms with Crippen LogP contribution in [0.1, 0.15) is 51.6 Å². The number of aromatic nitrogens is 1. The summed E-state index contributed by atoms with van der Waals surface area (Å²) in [5.74, 6) is -0.952. The van der Waals surface area contributed by atoms with Gasteiger partial charge in [0.05, 0.1) is 7.11 Å². The van der Waals surface area contributed by atoms with Gasteiger partial charge in [-0.1, -0.05) is 18.6 Å². The lowest BCUT2D eigenvalue weighted by atomic mass is 9.94. The predicted octanol–water partition coefficient (Wildman–Crippen LogP) is 3.07. The van der Waals surface area contributed by atoms with Crippen LogP contribution in [-0.4, -0.2) is 30.0 Å². The Morgan fingerprint density at radius 3 is 2.68 bits per heavy atom. The highest BCUT2D eigenvalue weighted by Gasteiger charge is 2.30. The van der Waals surface area contributed by atoms with Gasteiger partial charge in [-0.3, -0.25) is 4.79 Å². The monoisotopic (exact) mass is 342 g/mol. The Labute approximate surface area is 145 Å². The van der Waals surface area contributed by atoms with Gasteiger partial charge >= 0.3 is 5.97 Å². The summed E-state index contributed by atoms with van der Waals surface area (Å²) in [7, 11) is 1.27. The van der Waals surface area contributed by atoms with Crippen LogP contribution in [0, 0.1) is 5.82 Å². The maximum atomic E-state index is 13.1. The highest BCUT2D eigenvalue weighted by molar-refractivity contribution is 5.97. The topological polar surface area (TPSA) is 68.3 Å². The van der Waals surface area contributed by atoms with Gasteiger partial charge in [-0.05, 0) is 42.7 Å². The minimum atomic E-state index is -0.584. The molecule has 25 heavy (non-hydrogen) atoms. The molecule has 1 saturated carbocycles. The quantitative estimate of drug-likeness (QED) is 0.867. The molecule has 3 rings (SSSR count). The molecule has 1 amide bonds. The van der Waals surface area contributed by atoms with Gasteiger partial charge in [0.1, 0.15) is 11.5 Å². The SMILES string of the molecule is COC(=O)c1cc(C(=O)N[C@@H]2CCC[C@H]2c2ccc(F)cc2)ccn1. The summed E-state index contributed by atoms with van der Waals surface area (Å²) >= 11 is 0. The largest absolute Gasteiger partial charge is 0.464 e. The van der Waals surface area contributed by atoms with Crippen molar-refractivity contribution in [2.75, 3.05) is 7.11 Å². The van der Waals surface area contributed by atoms with Crippen LogP contribution >= 0.6 is 0 Å². The van der Waals surface area contributed by atoms with E-state index < -0.39 is 5.97 Å². The second kappa shape index (κ2) is 7.42. The normalized spacial score (nSPS) is 19.4. The first-order valence-electron chi connectivity index (χ1n) is 8.19. The van der Waals surface area contributed by atoms with Gasteiger partial charge in [-0.2, -0.15) is 0 Å². The molecule has 5 nitrogen and oxygen atoms in total. The van der Waals surface area contributed by atoms with Crippen molar-refractivity contribution in [3.05, 3.63) is 65.2 Å². The van der Waals surface area contributed by atoms with E-state index in [1.165, 1.54) is 31.5 Å². The number of amides is 1.